The van der Waals surface area contributed by atoms with E-state index in [4.69, 9.17) is 5.10 Å². The van der Waals surface area contributed by atoms with Crippen molar-refractivity contribution >= 4 is 11.9 Å². The lowest BCUT2D eigenvalue weighted by Gasteiger charge is -2.60. The lowest BCUT2D eigenvalue weighted by atomic mass is 9.45. The van der Waals surface area contributed by atoms with Crippen LogP contribution in [0.15, 0.2) is 11.8 Å². The molecule has 1 aromatic heterocycles. The number of aliphatic hydroxyl groups excluding tert-OH is 2. The topological polar surface area (TPSA) is 95.6 Å². The molecular formula is C24H34N2O4. The Morgan fingerprint density at radius 2 is 2.10 bits per heavy atom. The summed E-state index contributed by atoms with van der Waals surface area (Å²) in [5.41, 5.74) is 1.37. The third-order valence-electron chi connectivity index (χ3n) is 9.49. The predicted octanol–water partition coefficient (Wildman–Crippen LogP) is 2.35. The fourth-order valence-electron chi connectivity index (χ4n) is 7.99. The van der Waals surface area contributed by atoms with Gasteiger partial charge in [0.25, 0.3) is 0 Å². The van der Waals surface area contributed by atoms with Crippen LogP contribution in [0.1, 0.15) is 64.1 Å². The molecule has 0 bridgehead atoms. The lowest BCUT2D eigenvalue weighted by Crippen LogP contribution is -2.62. The number of rotatable bonds is 3. The second kappa shape index (κ2) is 6.50. The maximum Gasteiger partial charge on any atom is 0.190 e. The summed E-state index contributed by atoms with van der Waals surface area (Å²) in [6.07, 6.45) is 8.22. The SMILES string of the molecule is CCn1cc2c(n1)C=C1CC[C@@H]3[C@H]([C@@H](O)C[C@@]4(C)[C@H]3CC[C@]4(O)C(=O)CO)[C@@]1(C)C2. The van der Waals surface area contributed by atoms with Crippen molar-refractivity contribution in [3.63, 3.8) is 0 Å². The minimum atomic E-state index is -1.53. The van der Waals surface area contributed by atoms with Crippen molar-refractivity contribution in [2.24, 2.45) is 28.6 Å². The lowest BCUT2D eigenvalue weighted by molar-refractivity contribution is -0.181. The molecule has 3 saturated carbocycles. The second-order valence-corrected chi connectivity index (χ2v) is 10.7. The van der Waals surface area contributed by atoms with Crippen molar-refractivity contribution in [1.29, 1.82) is 0 Å². The van der Waals surface area contributed by atoms with Crippen LogP contribution in [0.4, 0.5) is 0 Å². The molecule has 0 saturated heterocycles. The van der Waals surface area contributed by atoms with Crippen molar-refractivity contribution in [3.8, 4) is 0 Å². The quantitative estimate of drug-likeness (QED) is 0.706. The van der Waals surface area contributed by atoms with Gasteiger partial charge in [-0.1, -0.05) is 19.4 Å². The van der Waals surface area contributed by atoms with Crippen LogP contribution in [0.2, 0.25) is 0 Å². The molecule has 0 spiro atoms. The Bertz CT molecular complexity index is 922. The average molecular weight is 415 g/mol. The van der Waals surface area contributed by atoms with Crippen LogP contribution in [-0.4, -0.2) is 49.2 Å². The number of aromatic nitrogens is 2. The van der Waals surface area contributed by atoms with Crippen LogP contribution in [-0.2, 0) is 17.8 Å². The van der Waals surface area contributed by atoms with Crippen LogP contribution in [0.25, 0.3) is 6.08 Å². The first-order valence-corrected chi connectivity index (χ1v) is 11.5. The molecule has 6 nitrogen and oxygen atoms in total. The molecule has 6 heteroatoms. The summed E-state index contributed by atoms with van der Waals surface area (Å²) >= 11 is 0. The third-order valence-corrected chi connectivity index (χ3v) is 9.49. The minimum absolute atomic E-state index is 0.111. The molecule has 4 aliphatic rings. The molecule has 0 aromatic carbocycles. The van der Waals surface area contributed by atoms with E-state index in [1.54, 1.807) is 0 Å². The molecule has 4 aliphatic carbocycles. The van der Waals surface area contributed by atoms with Gasteiger partial charge < -0.3 is 15.3 Å². The summed E-state index contributed by atoms with van der Waals surface area (Å²) in [7, 11) is 0. The predicted molar refractivity (Wildman–Crippen MR) is 112 cm³/mol. The van der Waals surface area contributed by atoms with Gasteiger partial charge in [-0.3, -0.25) is 9.48 Å². The summed E-state index contributed by atoms with van der Waals surface area (Å²) in [6.45, 7) is 6.57. The Morgan fingerprint density at radius 3 is 2.80 bits per heavy atom. The van der Waals surface area contributed by atoms with E-state index in [2.05, 4.69) is 26.1 Å². The number of fused-ring (bicyclic) bond motifs is 6. The molecule has 0 unspecified atom stereocenters. The molecule has 3 N–H and O–H groups in total. The molecule has 1 aromatic rings. The van der Waals surface area contributed by atoms with Crippen molar-refractivity contribution in [2.75, 3.05) is 6.61 Å². The summed E-state index contributed by atoms with van der Waals surface area (Å²) < 4.78 is 1.99. The van der Waals surface area contributed by atoms with Crippen molar-refractivity contribution in [3.05, 3.63) is 23.0 Å². The zero-order chi connectivity index (χ0) is 21.5. The van der Waals surface area contributed by atoms with Gasteiger partial charge >= 0.3 is 0 Å². The number of ketones is 1. The second-order valence-electron chi connectivity index (χ2n) is 10.7. The number of carbonyl (C=O) groups is 1. The molecule has 7 atom stereocenters. The molecule has 0 aliphatic heterocycles. The van der Waals surface area contributed by atoms with Crippen LogP contribution in [0, 0.1) is 28.6 Å². The van der Waals surface area contributed by atoms with E-state index in [-0.39, 0.29) is 23.2 Å². The summed E-state index contributed by atoms with van der Waals surface area (Å²) in [4.78, 5) is 12.5. The van der Waals surface area contributed by atoms with Gasteiger partial charge in [-0.25, -0.2) is 0 Å². The van der Waals surface area contributed by atoms with Crippen LogP contribution in [0.3, 0.4) is 0 Å². The van der Waals surface area contributed by atoms with Gasteiger partial charge in [0.2, 0.25) is 0 Å². The molecular weight excluding hydrogens is 380 g/mol. The highest BCUT2D eigenvalue weighted by molar-refractivity contribution is 5.89. The van der Waals surface area contributed by atoms with E-state index in [1.807, 2.05) is 11.6 Å². The number of hydrogen-bond acceptors (Lipinski definition) is 5. The highest BCUT2D eigenvalue weighted by atomic mass is 16.3. The highest BCUT2D eigenvalue weighted by Gasteiger charge is 2.68. The Kier molecular flexibility index (Phi) is 4.42. The summed E-state index contributed by atoms with van der Waals surface area (Å²) in [5.74, 6) is 0.0732. The van der Waals surface area contributed by atoms with Gasteiger partial charge in [-0.15, -0.1) is 0 Å². The van der Waals surface area contributed by atoms with E-state index in [1.165, 1.54) is 11.1 Å². The highest BCUT2D eigenvalue weighted by Crippen LogP contribution is 2.67. The smallest absolute Gasteiger partial charge is 0.190 e. The van der Waals surface area contributed by atoms with E-state index in [0.29, 0.717) is 12.8 Å². The fraction of sp³-hybridized carbons (Fsp3) is 0.750. The molecule has 164 valence electrons. The molecule has 0 amide bonds. The Morgan fingerprint density at radius 1 is 1.33 bits per heavy atom. The first kappa shape index (κ1) is 20.4. The van der Waals surface area contributed by atoms with Crippen molar-refractivity contribution < 1.29 is 20.1 Å². The number of carbonyl (C=O) groups excluding carboxylic acids is 1. The van der Waals surface area contributed by atoms with E-state index in [9.17, 15) is 20.1 Å². The molecule has 5 rings (SSSR count). The minimum Gasteiger partial charge on any atom is -0.393 e. The van der Waals surface area contributed by atoms with Crippen LogP contribution < -0.4 is 0 Å². The van der Waals surface area contributed by atoms with Gasteiger partial charge in [-0.05, 0) is 80.3 Å². The summed E-state index contributed by atoms with van der Waals surface area (Å²) in [5, 5.41) is 37.0. The van der Waals surface area contributed by atoms with Crippen LogP contribution >= 0.6 is 0 Å². The first-order chi connectivity index (χ1) is 14.2. The normalized spacial score (nSPS) is 44.5. The Balaban J connectivity index is 1.53. The van der Waals surface area contributed by atoms with Crippen LogP contribution in [0.5, 0.6) is 0 Å². The molecule has 1 heterocycles. The maximum atomic E-state index is 12.5. The maximum absolute atomic E-state index is 12.5. The average Bonchev–Trinajstić information content (AvgIpc) is 3.22. The standard InChI is InChI=1S/C24H34N2O4/c1-4-26-12-14-10-22(2)15(9-18(14)25-26)5-6-16-17-7-8-24(30,20(29)13-27)23(17,3)11-19(28)21(16)22/h9,12,16-17,19,21,27-28,30H,4-8,10-11,13H2,1-3H3/t16-,17-,19-,21+,22-,23-,24-/m0/s1. The molecule has 0 radical (unpaired) electrons. The zero-order valence-corrected chi connectivity index (χ0v) is 18.3. The number of allylic oxidation sites excluding steroid dienone is 1. The van der Waals surface area contributed by atoms with Gasteiger partial charge in [0, 0.05) is 18.2 Å². The van der Waals surface area contributed by atoms with Gasteiger partial charge in [-0.2, -0.15) is 5.10 Å². The van der Waals surface area contributed by atoms with E-state index < -0.39 is 29.5 Å². The zero-order valence-electron chi connectivity index (χ0n) is 18.3. The van der Waals surface area contributed by atoms with E-state index >= 15 is 0 Å². The monoisotopic (exact) mass is 414 g/mol. The van der Waals surface area contributed by atoms with Gasteiger partial charge in [0.05, 0.1) is 11.8 Å². The molecule has 30 heavy (non-hydrogen) atoms. The largest absolute Gasteiger partial charge is 0.393 e. The number of Topliss-reactive ketones (excluding diaryl/α,β-unsaturated/α-hetero) is 1. The number of aliphatic hydroxyl groups is 3. The Labute approximate surface area is 178 Å². The van der Waals surface area contributed by atoms with Gasteiger partial charge in [0.1, 0.15) is 12.2 Å². The van der Waals surface area contributed by atoms with Gasteiger partial charge in [0.15, 0.2) is 5.78 Å². The molecule has 3 fully saturated rings. The number of aryl methyl sites for hydroxylation is 1. The first-order valence-electron chi connectivity index (χ1n) is 11.5. The number of hydrogen-bond donors (Lipinski definition) is 3. The number of nitrogens with zero attached hydrogens (tertiary/aromatic N) is 2. The third kappa shape index (κ3) is 2.41. The van der Waals surface area contributed by atoms with Crippen molar-refractivity contribution in [1.82, 2.24) is 9.78 Å². The summed E-state index contributed by atoms with van der Waals surface area (Å²) in [6, 6.07) is 0. The van der Waals surface area contributed by atoms with Crippen molar-refractivity contribution in [2.45, 2.75) is 77.5 Å². The van der Waals surface area contributed by atoms with E-state index in [0.717, 1.165) is 37.9 Å². The Hall–Kier alpha value is -1.50. The fourth-order valence-corrected chi connectivity index (χ4v) is 7.99.